The summed E-state index contributed by atoms with van der Waals surface area (Å²) in [5, 5.41) is 3.30. The highest BCUT2D eigenvalue weighted by molar-refractivity contribution is 5.24. The fraction of sp³-hybridized carbons (Fsp3) is 0.400. The number of pyridine rings is 1. The number of hydrogen-bond acceptors (Lipinski definition) is 4. The lowest BCUT2D eigenvalue weighted by Gasteiger charge is -2.42. The molecule has 0 aromatic carbocycles. The molecule has 4 heteroatoms. The first-order valence-corrected chi connectivity index (χ1v) is 6.79. The van der Waals surface area contributed by atoms with Gasteiger partial charge in [-0.1, -0.05) is 6.07 Å². The minimum atomic E-state index is 0.654. The number of allylic oxidation sites excluding steroid dienone is 1. The van der Waals surface area contributed by atoms with E-state index in [-0.39, 0.29) is 0 Å². The highest BCUT2D eigenvalue weighted by Gasteiger charge is 2.26. The van der Waals surface area contributed by atoms with Gasteiger partial charge in [-0.05, 0) is 31.3 Å². The molecule has 0 radical (unpaired) electrons. The van der Waals surface area contributed by atoms with Crippen LogP contribution in [0.4, 0.5) is 0 Å². The van der Waals surface area contributed by atoms with Crippen LogP contribution < -0.4 is 5.32 Å². The van der Waals surface area contributed by atoms with Gasteiger partial charge in [-0.2, -0.15) is 0 Å². The van der Waals surface area contributed by atoms with Crippen LogP contribution in [-0.4, -0.2) is 47.5 Å². The van der Waals surface area contributed by atoms with Crippen LogP contribution in [-0.2, 0) is 6.54 Å². The summed E-state index contributed by atoms with van der Waals surface area (Å²) < 4.78 is 0. The van der Waals surface area contributed by atoms with Crippen molar-refractivity contribution in [3.63, 3.8) is 0 Å². The fourth-order valence-electron chi connectivity index (χ4n) is 2.44. The third kappa shape index (κ3) is 2.79. The Kier molecular flexibility index (Phi) is 3.51. The molecule has 1 saturated heterocycles. The van der Waals surface area contributed by atoms with E-state index in [9.17, 15) is 0 Å². The Bertz CT molecular complexity index is 474. The van der Waals surface area contributed by atoms with Crippen LogP contribution in [0.25, 0.3) is 0 Å². The summed E-state index contributed by atoms with van der Waals surface area (Å²) in [5.74, 6) is 0. The average Bonchev–Trinajstić information content (AvgIpc) is 2.41. The third-order valence-corrected chi connectivity index (χ3v) is 3.74. The lowest BCUT2D eigenvalue weighted by Crippen LogP contribution is -2.56. The Morgan fingerprint density at radius 3 is 2.89 bits per heavy atom. The molecule has 1 N–H and O–H groups in total. The zero-order chi connectivity index (χ0) is 13.1. The molecule has 100 valence electrons. The van der Waals surface area contributed by atoms with Crippen molar-refractivity contribution < 1.29 is 0 Å². The smallest absolute Gasteiger partial charge is 0.0600 e. The molecule has 1 aromatic rings. The minimum absolute atomic E-state index is 0.654. The topological polar surface area (TPSA) is 31.4 Å². The molecule has 19 heavy (non-hydrogen) atoms. The second-order valence-electron chi connectivity index (χ2n) is 5.09. The lowest BCUT2D eigenvalue weighted by atomic mass is 10.1. The summed E-state index contributed by atoms with van der Waals surface area (Å²) in [4.78, 5) is 9.05. The van der Waals surface area contributed by atoms with E-state index in [4.69, 9.17) is 0 Å². The SMILES string of the molecule is CNC1CN(C2=CCN(Cc3ccccn3)C=C2)C1. The summed E-state index contributed by atoms with van der Waals surface area (Å²) in [5.41, 5.74) is 2.46. The van der Waals surface area contributed by atoms with Crippen molar-refractivity contribution in [2.24, 2.45) is 0 Å². The van der Waals surface area contributed by atoms with Crippen molar-refractivity contribution in [2.75, 3.05) is 26.7 Å². The molecule has 0 amide bonds. The van der Waals surface area contributed by atoms with Crippen LogP contribution in [0.3, 0.4) is 0 Å². The number of hydrogen-bond donors (Lipinski definition) is 1. The monoisotopic (exact) mass is 256 g/mol. The van der Waals surface area contributed by atoms with E-state index in [1.54, 1.807) is 0 Å². The van der Waals surface area contributed by atoms with Gasteiger partial charge in [0.1, 0.15) is 0 Å². The average molecular weight is 256 g/mol. The van der Waals surface area contributed by atoms with Crippen LogP contribution in [0.15, 0.2) is 48.4 Å². The number of aromatic nitrogens is 1. The molecule has 0 spiro atoms. The van der Waals surface area contributed by atoms with E-state index in [1.807, 2.05) is 25.4 Å². The van der Waals surface area contributed by atoms with Gasteiger partial charge in [0.2, 0.25) is 0 Å². The number of nitrogens with zero attached hydrogens (tertiary/aromatic N) is 3. The van der Waals surface area contributed by atoms with Crippen LogP contribution in [0.1, 0.15) is 5.69 Å². The molecule has 3 heterocycles. The molecular formula is C15H20N4. The van der Waals surface area contributed by atoms with Crippen LogP contribution in [0.2, 0.25) is 0 Å². The molecule has 1 aromatic heterocycles. The zero-order valence-corrected chi connectivity index (χ0v) is 11.3. The van der Waals surface area contributed by atoms with Gasteiger partial charge in [-0.3, -0.25) is 4.98 Å². The second kappa shape index (κ2) is 5.45. The lowest BCUT2D eigenvalue weighted by molar-refractivity contribution is 0.180. The summed E-state index contributed by atoms with van der Waals surface area (Å²) in [6.07, 6.45) is 8.53. The van der Waals surface area contributed by atoms with E-state index >= 15 is 0 Å². The maximum absolute atomic E-state index is 4.36. The Labute approximate surface area is 114 Å². The van der Waals surface area contributed by atoms with E-state index in [0.717, 1.165) is 31.9 Å². The standard InChI is InChI=1S/C15H20N4/c1-16-14-11-19(12-14)15-5-8-18(9-6-15)10-13-4-2-3-7-17-13/h2-8,14,16H,9-12H2,1H3. The molecule has 2 aliphatic rings. The molecule has 1 fully saturated rings. The van der Waals surface area contributed by atoms with Gasteiger partial charge in [0.05, 0.1) is 12.2 Å². The summed E-state index contributed by atoms with van der Waals surface area (Å²) >= 11 is 0. The predicted molar refractivity (Wildman–Crippen MR) is 76.3 cm³/mol. The number of rotatable bonds is 4. The highest BCUT2D eigenvalue weighted by Crippen LogP contribution is 2.19. The molecule has 0 saturated carbocycles. The van der Waals surface area contributed by atoms with Gasteiger partial charge in [0.15, 0.2) is 0 Å². The van der Waals surface area contributed by atoms with Crippen molar-refractivity contribution in [2.45, 2.75) is 12.6 Å². The van der Waals surface area contributed by atoms with Crippen LogP contribution in [0.5, 0.6) is 0 Å². The molecule has 4 nitrogen and oxygen atoms in total. The second-order valence-corrected chi connectivity index (χ2v) is 5.09. The van der Waals surface area contributed by atoms with E-state index in [1.165, 1.54) is 5.70 Å². The molecule has 0 atom stereocenters. The van der Waals surface area contributed by atoms with Gasteiger partial charge in [-0.15, -0.1) is 0 Å². The molecule has 3 rings (SSSR count). The number of likely N-dealkylation sites (tertiary alicyclic amines) is 1. The van der Waals surface area contributed by atoms with Crippen molar-refractivity contribution in [3.8, 4) is 0 Å². The Morgan fingerprint density at radius 2 is 2.26 bits per heavy atom. The predicted octanol–water partition coefficient (Wildman–Crippen LogP) is 1.20. The summed E-state index contributed by atoms with van der Waals surface area (Å²) in [6.45, 7) is 4.07. The Hall–Kier alpha value is -1.81. The number of likely N-dealkylation sites (N-methyl/N-ethyl adjacent to an activating group) is 1. The fourth-order valence-corrected chi connectivity index (χ4v) is 2.44. The van der Waals surface area contributed by atoms with Crippen LogP contribution in [0, 0.1) is 0 Å². The van der Waals surface area contributed by atoms with Gasteiger partial charge in [0, 0.05) is 43.8 Å². The third-order valence-electron chi connectivity index (χ3n) is 3.74. The maximum atomic E-state index is 4.36. The van der Waals surface area contributed by atoms with Crippen LogP contribution >= 0.6 is 0 Å². The minimum Gasteiger partial charge on any atom is -0.368 e. The van der Waals surface area contributed by atoms with Crippen molar-refractivity contribution >= 4 is 0 Å². The van der Waals surface area contributed by atoms with Crippen molar-refractivity contribution in [3.05, 3.63) is 54.1 Å². The first kappa shape index (κ1) is 12.2. The molecule has 0 aliphatic carbocycles. The maximum Gasteiger partial charge on any atom is 0.0600 e. The first-order chi connectivity index (χ1) is 9.35. The molecule has 2 aliphatic heterocycles. The number of nitrogens with one attached hydrogen (secondary N) is 1. The normalized spacial score (nSPS) is 19.3. The highest BCUT2D eigenvalue weighted by atomic mass is 15.3. The van der Waals surface area contributed by atoms with Gasteiger partial charge in [0.25, 0.3) is 0 Å². The van der Waals surface area contributed by atoms with E-state index in [2.05, 4.69) is 44.5 Å². The van der Waals surface area contributed by atoms with Gasteiger partial charge >= 0.3 is 0 Å². The first-order valence-electron chi connectivity index (χ1n) is 6.79. The summed E-state index contributed by atoms with van der Waals surface area (Å²) in [7, 11) is 2.03. The van der Waals surface area contributed by atoms with Crippen molar-refractivity contribution in [1.82, 2.24) is 20.1 Å². The Balaban J connectivity index is 1.52. The quantitative estimate of drug-likeness (QED) is 0.877. The molecular weight excluding hydrogens is 236 g/mol. The van der Waals surface area contributed by atoms with E-state index in [0.29, 0.717) is 6.04 Å². The summed E-state index contributed by atoms with van der Waals surface area (Å²) in [6, 6.07) is 6.71. The largest absolute Gasteiger partial charge is 0.368 e. The van der Waals surface area contributed by atoms with E-state index < -0.39 is 0 Å². The zero-order valence-electron chi connectivity index (χ0n) is 11.3. The van der Waals surface area contributed by atoms with Gasteiger partial charge in [-0.25, -0.2) is 0 Å². The van der Waals surface area contributed by atoms with Crippen molar-refractivity contribution in [1.29, 1.82) is 0 Å². The molecule has 0 bridgehead atoms. The van der Waals surface area contributed by atoms with Gasteiger partial charge < -0.3 is 15.1 Å². The molecule has 0 unspecified atom stereocenters. The Morgan fingerprint density at radius 1 is 1.37 bits per heavy atom.